The molecule has 1 aliphatic heterocycles. The van der Waals surface area contributed by atoms with Gasteiger partial charge >= 0.3 is 0 Å². The second-order valence-electron chi connectivity index (χ2n) is 6.75. The molecule has 144 valence electrons. The predicted molar refractivity (Wildman–Crippen MR) is 105 cm³/mol. The first-order valence-electron chi connectivity index (χ1n) is 8.84. The number of likely N-dealkylation sites (tertiary alicyclic amines) is 1. The van der Waals surface area contributed by atoms with Gasteiger partial charge in [-0.3, -0.25) is 14.9 Å². The highest BCUT2D eigenvalue weighted by molar-refractivity contribution is 6.33. The first kappa shape index (κ1) is 20.1. The molecule has 0 spiro atoms. The number of aliphatic hydroxyl groups excluding tert-OH is 1. The largest absolute Gasteiger partial charge is 0.392 e. The molecule has 2 atom stereocenters. The Bertz CT molecular complexity index is 788. The van der Waals surface area contributed by atoms with Crippen LogP contribution >= 0.6 is 23.2 Å². The lowest BCUT2D eigenvalue weighted by Crippen LogP contribution is -2.39. The zero-order valence-corrected chi connectivity index (χ0v) is 16.3. The highest BCUT2D eigenvalue weighted by Crippen LogP contribution is 2.27. The second kappa shape index (κ2) is 9.04. The van der Waals surface area contributed by atoms with Crippen molar-refractivity contribution in [1.29, 1.82) is 0 Å². The third kappa shape index (κ3) is 5.21. The average molecular weight is 409 g/mol. The Kier molecular flexibility index (Phi) is 6.73. The standard InChI is InChI=1S/C20H22Cl2N2O3/c21-16-6-7-18(22)15(10-16)11-20(26)24(27)13-19(14-4-2-1-3-5-14)23-9-8-17(25)12-23/h1-7,10,17,19,25,27H,8-9,11-13H2/t17-,19-/m0/s1. The summed E-state index contributed by atoms with van der Waals surface area (Å²) in [7, 11) is 0. The van der Waals surface area contributed by atoms with Crippen LogP contribution < -0.4 is 0 Å². The topological polar surface area (TPSA) is 64.0 Å². The molecule has 3 rings (SSSR count). The van der Waals surface area contributed by atoms with Crippen LogP contribution in [0.2, 0.25) is 10.0 Å². The molecule has 0 saturated carbocycles. The molecule has 5 nitrogen and oxygen atoms in total. The van der Waals surface area contributed by atoms with Crippen molar-refractivity contribution in [3.8, 4) is 0 Å². The van der Waals surface area contributed by atoms with Crippen molar-refractivity contribution in [2.45, 2.75) is 25.0 Å². The molecule has 1 heterocycles. The van der Waals surface area contributed by atoms with Gasteiger partial charge in [0.2, 0.25) is 5.91 Å². The van der Waals surface area contributed by atoms with Crippen molar-refractivity contribution >= 4 is 29.1 Å². The first-order valence-corrected chi connectivity index (χ1v) is 9.60. The summed E-state index contributed by atoms with van der Waals surface area (Å²) in [6.45, 7) is 1.33. The molecule has 1 fully saturated rings. The number of halogens is 2. The van der Waals surface area contributed by atoms with Crippen LogP contribution in [0.1, 0.15) is 23.6 Å². The summed E-state index contributed by atoms with van der Waals surface area (Å²) in [4.78, 5) is 14.6. The molecule has 7 heteroatoms. The Hall–Kier alpha value is -1.63. The van der Waals surface area contributed by atoms with E-state index in [0.29, 0.717) is 35.1 Å². The van der Waals surface area contributed by atoms with Crippen LogP contribution in [0.4, 0.5) is 0 Å². The van der Waals surface area contributed by atoms with Gasteiger partial charge in [0.1, 0.15) is 0 Å². The Balaban J connectivity index is 1.72. The molecule has 2 N–H and O–H groups in total. The van der Waals surface area contributed by atoms with Crippen molar-refractivity contribution in [3.05, 3.63) is 69.7 Å². The van der Waals surface area contributed by atoms with Crippen molar-refractivity contribution in [1.82, 2.24) is 9.96 Å². The number of hydroxylamine groups is 2. The van der Waals surface area contributed by atoms with E-state index in [0.717, 1.165) is 10.6 Å². The minimum absolute atomic E-state index is 0.0416. The monoisotopic (exact) mass is 408 g/mol. The maximum absolute atomic E-state index is 12.5. The molecule has 1 saturated heterocycles. The number of carbonyl (C=O) groups excluding carboxylic acids is 1. The van der Waals surface area contributed by atoms with Gasteiger partial charge in [-0.05, 0) is 35.7 Å². The van der Waals surface area contributed by atoms with Gasteiger partial charge in [0, 0.05) is 23.1 Å². The summed E-state index contributed by atoms with van der Waals surface area (Å²) in [5, 5.41) is 21.9. The van der Waals surface area contributed by atoms with Crippen LogP contribution in [0.3, 0.4) is 0 Å². The minimum Gasteiger partial charge on any atom is -0.392 e. The Labute approximate surface area is 168 Å². The molecule has 0 aliphatic carbocycles. The number of rotatable bonds is 6. The number of β-amino-alcohol motifs (C(OH)–C–C–N with tert-alkyl or cyclic N) is 1. The molecule has 0 aromatic heterocycles. The summed E-state index contributed by atoms with van der Waals surface area (Å²) in [6, 6.07) is 14.4. The summed E-state index contributed by atoms with van der Waals surface area (Å²) in [5.74, 6) is -0.458. The quantitative estimate of drug-likeness (QED) is 0.566. The second-order valence-corrected chi connectivity index (χ2v) is 7.60. The highest BCUT2D eigenvalue weighted by atomic mass is 35.5. The summed E-state index contributed by atoms with van der Waals surface area (Å²) < 4.78 is 0. The van der Waals surface area contributed by atoms with Crippen LogP contribution in [0.5, 0.6) is 0 Å². The summed E-state index contributed by atoms with van der Waals surface area (Å²) >= 11 is 12.1. The van der Waals surface area contributed by atoms with Gasteiger partial charge in [-0.2, -0.15) is 0 Å². The van der Waals surface area contributed by atoms with E-state index in [1.54, 1.807) is 18.2 Å². The van der Waals surface area contributed by atoms with Crippen molar-refractivity contribution < 1.29 is 15.1 Å². The van der Waals surface area contributed by atoms with Gasteiger partial charge in [-0.25, -0.2) is 5.06 Å². The normalized spacial score (nSPS) is 18.4. The molecule has 2 aromatic carbocycles. The van der Waals surface area contributed by atoms with Crippen LogP contribution in [0.15, 0.2) is 48.5 Å². The first-order chi connectivity index (χ1) is 12.9. The third-order valence-electron chi connectivity index (χ3n) is 4.80. The minimum atomic E-state index is -0.458. The van der Waals surface area contributed by atoms with E-state index in [1.807, 2.05) is 30.3 Å². The van der Waals surface area contributed by atoms with Crippen LogP contribution in [0.25, 0.3) is 0 Å². The molecule has 0 radical (unpaired) electrons. The number of amides is 1. The fraction of sp³-hybridized carbons (Fsp3) is 0.350. The van der Waals surface area contributed by atoms with Gasteiger partial charge in [0.25, 0.3) is 0 Å². The number of aliphatic hydroxyl groups is 1. The molecule has 0 bridgehead atoms. The van der Waals surface area contributed by atoms with E-state index in [-0.39, 0.29) is 25.1 Å². The lowest BCUT2D eigenvalue weighted by atomic mass is 10.0. The number of hydrogen-bond donors (Lipinski definition) is 2. The Morgan fingerprint density at radius 3 is 2.63 bits per heavy atom. The molecule has 1 aliphatic rings. The number of nitrogens with zero attached hydrogens (tertiary/aromatic N) is 2. The molecule has 27 heavy (non-hydrogen) atoms. The fourth-order valence-electron chi connectivity index (χ4n) is 3.36. The molecular formula is C20H22Cl2N2O3. The number of hydrogen-bond acceptors (Lipinski definition) is 4. The van der Waals surface area contributed by atoms with Gasteiger partial charge in [0.05, 0.1) is 25.1 Å². The van der Waals surface area contributed by atoms with E-state index < -0.39 is 5.91 Å². The SMILES string of the molecule is O=C(Cc1cc(Cl)ccc1Cl)N(O)C[C@@H](c1ccccc1)N1CC[C@H](O)C1. The van der Waals surface area contributed by atoms with Crippen LogP contribution in [0, 0.1) is 0 Å². The highest BCUT2D eigenvalue weighted by Gasteiger charge is 2.30. The number of benzene rings is 2. The third-order valence-corrected chi connectivity index (χ3v) is 5.41. The zero-order valence-electron chi connectivity index (χ0n) is 14.8. The van der Waals surface area contributed by atoms with Gasteiger partial charge < -0.3 is 5.11 Å². The predicted octanol–water partition coefficient (Wildman–Crippen LogP) is 3.56. The fourth-order valence-corrected chi connectivity index (χ4v) is 3.74. The van der Waals surface area contributed by atoms with E-state index in [4.69, 9.17) is 23.2 Å². The van der Waals surface area contributed by atoms with Gasteiger partial charge in [-0.1, -0.05) is 53.5 Å². The zero-order chi connectivity index (χ0) is 19.4. The van der Waals surface area contributed by atoms with E-state index in [1.165, 1.54) is 0 Å². The molecule has 2 aromatic rings. The van der Waals surface area contributed by atoms with E-state index >= 15 is 0 Å². The van der Waals surface area contributed by atoms with Crippen molar-refractivity contribution in [3.63, 3.8) is 0 Å². The van der Waals surface area contributed by atoms with Crippen molar-refractivity contribution in [2.24, 2.45) is 0 Å². The summed E-state index contributed by atoms with van der Waals surface area (Å²) in [6.07, 6.45) is 0.255. The lowest BCUT2D eigenvalue weighted by molar-refractivity contribution is -0.168. The molecular weight excluding hydrogens is 387 g/mol. The van der Waals surface area contributed by atoms with E-state index in [2.05, 4.69) is 4.90 Å². The smallest absolute Gasteiger partial charge is 0.250 e. The Morgan fingerprint density at radius 2 is 1.96 bits per heavy atom. The maximum atomic E-state index is 12.5. The van der Waals surface area contributed by atoms with E-state index in [9.17, 15) is 15.1 Å². The maximum Gasteiger partial charge on any atom is 0.250 e. The van der Waals surface area contributed by atoms with Crippen molar-refractivity contribution in [2.75, 3.05) is 19.6 Å². The van der Waals surface area contributed by atoms with Gasteiger partial charge in [-0.15, -0.1) is 0 Å². The average Bonchev–Trinajstić information content (AvgIpc) is 3.09. The summed E-state index contributed by atoms with van der Waals surface area (Å²) in [5.41, 5.74) is 1.56. The van der Waals surface area contributed by atoms with Crippen LogP contribution in [-0.2, 0) is 11.2 Å². The Morgan fingerprint density at radius 1 is 1.22 bits per heavy atom. The molecule has 1 amide bonds. The van der Waals surface area contributed by atoms with Crippen LogP contribution in [-0.4, -0.2) is 51.9 Å². The number of carbonyl (C=O) groups is 1. The lowest BCUT2D eigenvalue weighted by Gasteiger charge is -2.30. The molecule has 0 unspecified atom stereocenters. The van der Waals surface area contributed by atoms with Gasteiger partial charge in [0.15, 0.2) is 0 Å².